The van der Waals surface area contributed by atoms with Gasteiger partial charge in [0, 0.05) is 6.54 Å². The number of thioether (sulfide) groups is 1. The van der Waals surface area contributed by atoms with Crippen LogP contribution in [0.15, 0.2) is 0 Å². The molecule has 0 radical (unpaired) electrons. The van der Waals surface area contributed by atoms with Crippen LogP contribution in [0.2, 0.25) is 0 Å². The molecule has 2 aliphatic rings. The Labute approximate surface area is 108 Å². The van der Waals surface area contributed by atoms with Gasteiger partial charge in [0.1, 0.15) is 0 Å². The van der Waals surface area contributed by atoms with E-state index in [1.54, 1.807) is 0 Å². The minimum absolute atomic E-state index is 0.217. The highest BCUT2D eigenvalue weighted by Gasteiger charge is 2.29. The molecule has 1 amide bonds. The lowest BCUT2D eigenvalue weighted by molar-refractivity contribution is -0.121. The van der Waals surface area contributed by atoms with Crippen LogP contribution in [-0.4, -0.2) is 36.5 Å². The lowest BCUT2D eigenvalue weighted by atomic mass is 9.81. The highest BCUT2D eigenvalue weighted by Crippen LogP contribution is 2.28. The first-order valence-corrected chi connectivity index (χ1v) is 7.85. The average molecular weight is 256 g/mol. The van der Waals surface area contributed by atoms with E-state index in [4.69, 9.17) is 0 Å². The molecule has 0 spiro atoms. The first-order chi connectivity index (χ1) is 8.20. The van der Waals surface area contributed by atoms with Gasteiger partial charge in [0.15, 0.2) is 0 Å². The van der Waals surface area contributed by atoms with Crippen molar-refractivity contribution in [1.82, 2.24) is 10.6 Å². The Bertz CT molecular complexity index is 258. The minimum atomic E-state index is 0.217. The van der Waals surface area contributed by atoms with E-state index in [9.17, 15) is 4.79 Å². The molecule has 2 rings (SSSR count). The van der Waals surface area contributed by atoms with Crippen LogP contribution in [0.5, 0.6) is 0 Å². The van der Waals surface area contributed by atoms with Gasteiger partial charge in [0.25, 0.3) is 0 Å². The molecule has 0 aromatic rings. The molecule has 17 heavy (non-hydrogen) atoms. The molecule has 2 N–H and O–H groups in total. The molecule has 4 heteroatoms. The van der Waals surface area contributed by atoms with Crippen LogP contribution in [0.1, 0.15) is 39.0 Å². The quantitative estimate of drug-likeness (QED) is 0.809. The third-order valence-corrected chi connectivity index (χ3v) is 5.35. The molecular formula is C13H24N2OS. The number of nitrogens with one attached hydrogen (secondary N) is 2. The van der Waals surface area contributed by atoms with E-state index in [0.29, 0.717) is 5.41 Å². The summed E-state index contributed by atoms with van der Waals surface area (Å²) in [5.41, 5.74) is 0.306. The van der Waals surface area contributed by atoms with E-state index in [1.165, 1.54) is 25.7 Å². The summed E-state index contributed by atoms with van der Waals surface area (Å²) in [5, 5.41) is 6.77. The lowest BCUT2D eigenvalue weighted by Crippen LogP contribution is -2.45. The summed E-state index contributed by atoms with van der Waals surface area (Å²) < 4.78 is 0. The molecule has 0 aromatic carbocycles. The molecule has 2 heterocycles. The fourth-order valence-corrected chi connectivity index (χ4v) is 3.79. The van der Waals surface area contributed by atoms with E-state index >= 15 is 0 Å². The molecule has 2 fully saturated rings. The van der Waals surface area contributed by atoms with Crippen molar-refractivity contribution in [3.05, 3.63) is 0 Å². The Balaban J connectivity index is 1.74. The molecule has 0 aromatic heterocycles. The molecule has 2 saturated heterocycles. The van der Waals surface area contributed by atoms with Gasteiger partial charge in [-0.3, -0.25) is 4.79 Å². The Morgan fingerprint density at radius 1 is 1.41 bits per heavy atom. The smallest absolute Gasteiger partial charge is 0.233 e. The van der Waals surface area contributed by atoms with Crippen molar-refractivity contribution in [3.8, 4) is 0 Å². The van der Waals surface area contributed by atoms with Crippen molar-refractivity contribution in [2.75, 3.05) is 25.4 Å². The van der Waals surface area contributed by atoms with Gasteiger partial charge >= 0.3 is 0 Å². The minimum Gasteiger partial charge on any atom is -0.355 e. The average Bonchev–Trinajstić information content (AvgIpc) is 2.38. The maximum atomic E-state index is 12.0. The third-order valence-electron chi connectivity index (χ3n) is 3.97. The number of piperidine rings is 1. The number of carbonyl (C=O) groups is 1. The number of amides is 1. The van der Waals surface area contributed by atoms with Crippen LogP contribution in [0.4, 0.5) is 0 Å². The molecular weight excluding hydrogens is 232 g/mol. The van der Waals surface area contributed by atoms with Crippen LogP contribution in [0, 0.1) is 5.41 Å². The highest BCUT2D eigenvalue weighted by atomic mass is 32.2. The van der Waals surface area contributed by atoms with Crippen molar-refractivity contribution in [2.24, 2.45) is 5.41 Å². The normalized spacial score (nSPS) is 28.6. The van der Waals surface area contributed by atoms with Crippen LogP contribution >= 0.6 is 11.8 Å². The molecule has 0 saturated carbocycles. The second-order valence-electron chi connectivity index (χ2n) is 5.63. The van der Waals surface area contributed by atoms with E-state index in [-0.39, 0.29) is 11.2 Å². The molecule has 0 aliphatic carbocycles. The number of carbonyl (C=O) groups excluding carboxylic acids is 1. The summed E-state index contributed by atoms with van der Waals surface area (Å²) in [6.07, 6.45) is 5.90. The molecule has 0 bridgehead atoms. The molecule has 2 aliphatic heterocycles. The van der Waals surface area contributed by atoms with E-state index in [1.807, 2.05) is 11.8 Å². The molecule has 1 unspecified atom stereocenters. The maximum absolute atomic E-state index is 12.0. The van der Waals surface area contributed by atoms with Crippen molar-refractivity contribution in [1.29, 1.82) is 0 Å². The molecule has 1 atom stereocenters. The Kier molecular flexibility index (Phi) is 4.74. The van der Waals surface area contributed by atoms with Crippen molar-refractivity contribution in [2.45, 2.75) is 44.3 Å². The lowest BCUT2D eigenvalue weighted by Gasteiger charge is -2.34. The summed E-state index contributed by atoms with van der Waals surface area (Å²) in [6.45, 7) is 5.32. The van der Waals surface area contributed by atoms with Gasteiger partial charge in [-0.15, -0.1) is 11.8 Å². The van der Waals surface area contributed by atoms with Crippen LogP contribution in [0.25, 0.3) is 0 Å². The largest absolute Gasteiger partial charge is 0.355 e. The van der Waals surface area contributed by atoms with E-state index in [0.717, 1.165) is 31.8 Å². The SMILES string of the molecule is CC1(CNC(=O)C2CCCCS2)CCNCC1. The third kappa shape index (κ3) is 3.88. The van der Waals surface area contributed by atoms with E-state index < -0.39 is 0 Å². The van der Waals surface area contributed by atoms with Gasteiger partial charge in [-0.2, -0.15) is 0 Å². The second kappa shape index (κ2) is 6.10. The van der Waals surface area contributed by atoms with Crippen molar-refractivity contribution in [3.63, 3.8) is 0 Å². The van der Waals surface area contributed by atoms with Gasteiger partial charge in [-0.25, -0.2) is 0 Å². The fourth-order valence-electron chi connectivity index (χ4n) is 2.57. The molecule has 3 nitrogen and oxygen atoms in total. The zero-order valence-corrected chi connectivity index (χ0v) is 11.6. The van der Waals surface area contributed by atoms with Crippen molar-refractivity contribution >= 4 is 17.7 Å². The maximum Gasteiger partial charge on any atom is 0.233 e. The number of rotatable bonds is 3. The standard InChI is InChI=1S/C13H24N2OS/c1-13(5-7-14-8-6-13)10-15-12(16)11-4-2-3-9-17-11/h11,14H,2-10H2,1H3,(H,15,16). The zero-order valence-electron chi connectivity index (χ0n) is 10.8. The fraction of sp³-hybridized carbons (Fsp3) is 0.923. The van der Waals surface area contributed by atoms with Crippen molar-refractivity contribution < 1.29 is 4.79 Å². The van der Waals surface area contributed by atoms with Gasteiger partial charge in [-0.1, -0.05) is 13.3 Å². The summed E-state index contributed by atoms with van der Waals surface area (Å²) in [4.78, 5) is 12.0. The predicted molar refractivity (Wildman–Crippen MR) is 73.3 cm³/mol. The number of hydrogen-bond donors (Lipinski definition) is 2. The van der Waals surface area contributed by atoms with Crippen LogP contribution in [0.3, 0.4) is 0 Å². The molecule has 98 valence electrons. The summed E-state index contributed by atoms with van der Waals surface area (Å²) >= 11 is 1.83. The summed E-state index contributed by atoms with van der Waals surface area (Å²) in [6, 6.07) is 0. The Hall–Kier alpha value is -0.220. The highest BCUT2D eigenvalue weighted by molar-refractivity contribution is 8.00. The van der Waals surface area contributed by atoms with Gasteiger partial charge in [0.05, 0.1) is 5.25 Å². The van der Waals surface area contributed by atoms with Gasteiger partial charge < -0.3 is 10.6 Å². The van der Waals surface area contributed by atoms with Gasteiger partial charge in [-0.05, 0) is 49.9 Å². The second-order valence-corrected chi connectivity index (χ2v) is 6.94. The topological polar surface area (TPSA) is 41.1 Å². The first-order valence-electron chi connectivity index (χ1n) is 6.80. The summed E-state index contributed by atoms with van der Waals surface area (Å²) in [5.74, 6) is 1.42. The first kappa shape index (κ1) is 13.2. The predicted octanol–water partition coefficient (Wildman–Crippen LogP) is 1.78. The zero-order chi connectivity index (χ0) is 12.1. The van der Waals surface area contributed by atoms with Crippen LogP contribution in [-0.2, 0) is 4.79 Å². The Morgan fingerprint density at radius 3 is 2.82 bits per heavy atom. The van der Waals surface area contributed by atoms with E-state index in [2.05, 4.69) is 17.6 Å². The summed E-state index contributed by atoms with van der Waals surface area (Å²) in [7, 11) is 0. The van der Waals surface area contributed by atoms with Gasteiger partial charge in [0.2, 0.25) is 5.91 Å². The van der Waals surface area contributed by atoms with Crippen LogP contribution < -0.4 is 10.6 Å². The Morgan fingerprint density at radius 2 is 2.18 bits per heavy atom. The monoisotopic (exact) mass is 256 g/mol. The number of hydrogen-bond acceptors (Lipinski definition) is 3.